The number of nitrogens with one attached hydrogen (secondary N) is 1. The van der Waals surface area contributed by atoms with Crippen LogP contribution in [0.15, 0.2) is 78.9 Å². The molecule has 0 unspecified atom stereocenters. The van der Waals surface area contributed by atoms with Crippen molar-refractivity contribution in [3.63, 3.8) is 0 Å². The Labute approximate surface area is 236 Å². The zero-order valence-electron chi connectivity index (χ0n) is 23.6. The maximum atomic E-state index is 11.9. The van der Waals surface area contributed by atoms with Crippen LogP contribution in [-0.4, -0.2) is 41.0 Å². The zero-order chi connectivity index (χ0) is 28.3. The van der Waals surface area contributed by atoms with Crippen molar-refractivity contribution in [1.29, 1.82) is 0 Å². The quantitative estimate of drug-likeness (QED) is 0.184. The molecule has 3 N–H and O–H groups in total. The second-order valence-corrected chi connectivity index (χ2v) is 11.7. The molecule has 1 atom stereocenters. The van der Waals surface area contributed by atoms with E-state index in [9.17, 15) is 15.0 Å². The van der Waals surface area contributed by atoms with Crippen molar-refractivity contribution in [2.45, 2.75) is 64.2 Å². The van der Waals surface area contributed by atoms with Crippen molar-refractivity contribution in [2.24, 2.45) is 0 Å². The highest BCUT2D eigenvalue weighted by Crippen LogP contribution is 2.45. The summed E-state index contributed by atoms with van der Waals surface area (Å²) in [6.45, 7) is 6.91. The Balaban J connectivity index is 1.22. The number of rotatable bonds is 12. The number of aliphatic hydroxyl groups is 1. The number of benzene rings is 4. The molecule has 0 heterocycles. The Morgan fingerprint density at radius 2 is 1.70 bits per heavy atom. The van der Waals surface area contributed by atoms with Gasteiger partial charge in [0.25, 0.3) is 0 Å². The number of aliphatic hydroxyl groups excluding tert-OH is 1. The van der Waals surface area contributed by atoms with Gasteiger partial charge in [-0.3, -0.25) is 0 Å². The minimum atomic E-state index is -0.946. The lowest BCUT2D eigenvalue weighted by Gasteiger charge is -2.28. The van der Waals surface area contributed by atoms with Crippen molar-refractivity contribution in [1.82, 2.24) is 5.32 Å². The third kappa shape index (κ3) is 6.61. The molecule has 208 valence electrons. The number of ether oxygens (including phenoxy) is 1. The largest absolute Gasteiger partial charge is 0.478 e. The smallest absolute Gasteiger partial charge is 0.335 e. The highest BCUT2D eigenvalue weighted by molar-refractivity contribution is 5.91. The van der Waals surface area contributed by atoms with E-state index in [-0.39, 0.29) is 24.3 Å². The molecule has 1 aliphatic rings. The van der Waals surface area contributed by atoms with Crippen molar-refractivity contribution in [3.05, 3.63) is 107 Å². The van der Waals surface area contributed by atoms with E-state index in [1.54, 1.807) is 6.07 Å². The Kier molecular flexibility index (Phi) is 8.36. The molecule has 0 saturated heterocycles. The van der Waals surface area contributed by atoms with Crippen LogP contribution in [0.1, 0.15) is 65.2 Å². The Morgan fingerprint density at radius 3 is 2.45 bits per heavy atom. The van der Waals surface area contributed by atoms with E-state index in [2.05, 4.69) is 79.8 Å². The molecule has 1 saturated carbocycles. The molecule has 0 aromatic heterocycles. The van der Waals surface area contributed by atoms with E-state index in [1.807, 2.05) is 19.1 Å². The van der Waals surface area contributed by atoms with Gasteiger partial charge >= 0.3 is 5.97 Å². The van der Waals surface area contributed by atoms with Crippen molar-refractivity contribution in [2.75, 3.05) is 13.2 Å². The van der Waals surface area contributed by atoms with Crippen LogP contribution < -0.4 is 5.32 Å². The average Bonchev–Trinajstić information content (AvgIpc) is 3.78. The summed E-state index contributed by atoms with van der Waals surface area (Å²) >= 11 is 0. The monoisotopic (exact) mass is 537 g/mol. The molecular formula is C35H39NO4. The van der Waals surface area contributed by atoms with Crippen LogP contribution in [-0.2, 0) is 17.8 Å². The summed E-state index contributed by atoms with van der Waals surface area (Å²) in [5.74, 6) is -0.381. The SMILES string of the molecule is Cc1c(C(=O)O)ccc(-c2ccccc2C2CC2)c1COC[C@H](O)CNC(C)(C)Cc1ccc2ccccc2c1. The van der Waals surface area contributed by atoms with Crippen LogP contribution in [0.3, 0.4) is 0 Å². The molecule has 5 nitrogen and oxygen atoms in total. The molecule has 0 spiro atoms. The molecule has 4 aromatic carbocycles. The van der Waals surface area contributed by atoms with Gasteiger partial charge in [-0.15, -0.1) is 0 Å². The second kappa shape index (κ2) is 11.9. The lowest BCUT2D eigenvalue weighted by molar-refractivity contribution is 0.0256. The highest BCUT2D eigenvalue weighted by Gasteiger charge is 2.27. The van der Waals surface area contributed by atoms with Crippen LogP contribution >= 0.6 is 0 Å². The molecule has 0 radical (unpaired) electrons. The molecule has 5 rings (SSSR count). The number of carbonyl (C=O) groups is 1. The predicted molar refractivity (Wildman–Crippen MR) is 161 cm³/mol. The van der Waals surface area contributed by atoms with E-state index in [4.69, 9.17) is 4.74 Å². The van der Waals surface area contributed by atoms with Crippen LogP contribution in [0.5, 0.6) is 0 Å². The minimum Gasteiger partial charge on any atom is -0.478 e. The summed E-state index contributed by atoms with van der Waals surface area (Å²) < 4.78 is 6.02. The first-order valence-electron chi connectivity index (χ1n) is 14.2. The number of carboxylic acid groups (broad SMARTS) is 1. The van der Waals surface area contributed by atoms with Gasteiger partial charge < -0.3 is 20.3 Å². The van der Waals surface area contributed by atoms with E-state index in [1.165, 1.54) is 34.7 Å². The van der Waals surface area contributed by atoms with E-state index < -0.39 is 12.1 Å². The first-order chi connectivity index (χ1) is 19.2. The van der Waals surface area contributed by atoms with E-state index >= 15 is 0 Å². The van der Waals surface area contributed by atoms with Crippen molar-refractivity contribution >= 4 is 16.7 Å². The summed E-state index contributed by atoms with van der Waals surface area (Å²) in [5.41, 5.74) is 6.35. The van der Waals surface area contributed by atoms with E-state index in [0.717, 1.165) is 23.1 Å². The molecule has 0 bridgehead atoms. The van der Waals surface area contributed by atoms with Crippen LogP contribution in [0.4, 0.5) is 0 Å². The Bertz CT molecular complexity index is 1500. The fraction of sp³-hybridized carbons (Fsp3) is 0.343. The van der Waals surface area contributed by atoms with Crippen LogP contribution in [0.25, 0.3) is 21.9 Å². The molecular weight excluding hydrogens is 498 g/mol. The van der Waals surface area contributed by atoms with Gasteiger partial charge in [-0.05, 0) is 96.2 Å². The minimum absolute atomic E-state index is 0.152. The standard InChI is InChI=1S/C35H39NO4/c1-23-29(34(38)39)16-17-32(31-11-7-6-10-30(31)26-14-15-26)33(23)22-40-21-28(37)20-36-35(2,3)19-24-12-13-25-8-4-5-9-27(25)18-24/h4-13,16-18,26,28,36-37H,14-15,19-22H2,1-3H3,(H,38,39)/t28-/m1/s1. The molecule has 1 fully saturated rings. The van der Waals surface area contributed by atoms with Crippen LogP contribution in [0.2, 0.25) is 0 Å². The predicted octanol–water partition coefficient (Wildman–Crippen LogP) is 6.88. The number of carboxylic acids is 1. The summed E-state index contributed by atoms with van der Waals surface area (Å²) in [6, 6.07) is 26.9. The second-order valence-electron chi connectivity index (χ2n) is 11.7. The summed E-state index contributed by atoms with van der Waals surface area (Å²) in [4.78, 5) is 11.9. The first kappa shape index (κ1) is 28.0. The maximum absolute atomic E-state index is 11.9. The Morgan fingerprint density at radius 1 is 0.975 bits per heavy atom. The van der Waals surface area contributed by atoms with Gasteiger partial charge in [-0.25, -0.2) is 4.79 Å². The topological polar surface area (TPSA) is 78.8 Å². The summed E-state index contributed by atoms with van der Waals surface area (Å²) in [6.07, 6.45) is 2.51. The van der Waals surface area contributed by atoms with Gasteiger partial charge in [0, 0.05) is 12.1 Å². The van der Waals surface area contributed by atoms with Crippen molar-refractivity contribution < 1.29 is 19.7 Å². The summed E-state index contributed by atoms with van der Waals surface area (Å²) in [7, 11) is 0. The molecule has 40 heavy (non-hydrogen) atoms. The molecule has 0 aliphatic heterocycles. The number of fused-ring (bicyclic) bond motifs is 1. The van der Waals surface area contributed by atoms with Gasteiger partial charge in [0.05, 0.1) is 24.9 Å². The van der Waals surface area contributed by atoms with Gasteiger partial charge in [0.2, 0.25) is 0 Å². The lowest BCUT2D eigenvalue weighted by Crippen LogP contribution is -2.46. The molecule has 1 aliphatic carbocycles. The fourth-order valence-corrected chi connectivity index (χ4v) is 5.59. The molecule has 0 amide bonds. The normalized spacial score (nSPS) is 14.4. The highest BCUT2D eigenvalue weighted by atomic mass is 16.5. The third-order valence-corrected chi connectivity index (χ3v) is 7.93. The van der Waals surface area contributed by atoms with Gasteiger partial charge in [0.15, 0.2) is 0 Å². The number of β-amino-alcohol motifs (C(OH)–C–C–N with tert-alkyl or cyclic N) is 1. The third-order valence-electron chi connectivity index (χ3n) is 7.93. The van der Waals surface area contributed by atoms with E-state index in [0.29, 0.717) is 18.0 Å². The molecule has 5 heteroatoms. The first-order valence-corrected chi connectivity index (χ1v) is 14.2. The number of hydrogen-bond acceptors (Lipinski definition) is 4. The van der Waals surface area contributed by atoms with Crippen LogP contribution in [0, 0.1) is 6.92 Å². The molecule has 4 aromatic rings. The van der Waals surface area contributed by atoms with Gasteiger partial charge in [0.1, 0.15) is 0 Å². The Hall–Kier alpha value is -3.51. The van der Waals surface area contributed by atoms with Gasteiger partial charge in [-0.2, -0.15) is 0 Å². The van der Waals surface area contributed by atoms with Gasteiger partial charge in [-0.1, -0.05) is 72.8 Å². The maximum Gasteiger partial charge on any atom is 0.335 e. The average molecular weight is 538 g/mol. The fourth-order valence-electron chi connectivity index (χ4n) is 5.59. The van der Waals surface area contributed by atoms with Crippen molar-refractivity contribution in [3.8, 4) is 11.1 Å². The summed E-state index contributed by atoms with van der Waals surface area (Å²) in [5, 5.41) is 26.4. The lowest BCUT2D eigenvalue weighted by atomic mass is 9.89. The zero-order valence-corrected chi connectivity index (χ0v) is 23.6. The number of aromatic carboxylic acids is 1. The number of hydrogen-bond donors (Lipinski definition) is 3.